The molecule has 2 atom stereocenters. The third-order valence-electron chi connectivity index (χ3n) is 4.63. The van der Waals surface area contributed by atoms with Crippen LogP contribution in [0.5, 0.6) is 5.75 Å². The number of rotatable bonds is 2. The highest BCUT2D eigenvalue weighted by Gasteiger charge is 2.63. The van der Waals surface area contributed by atoms with E-state index in [4.69, 9.17) is 0 Å². The van der Waals surface area contributed by atoms with Crippen LogP contribution in [0.3, 0.4) is 0 Å². The van der Waals surface area contributed by atoms with Gasteiger partial charge in [-0.1, -0.05) is 6.07 Å². The van der Waals surface area contributed by atoms with Crippen molar-refractivity contribution < 1.29 is 27.9 Å². The average Bonchev–Trinajstić information content (AvgIpc) is 2.99. The fourth-order valence-electron chi connectivity index (χ4n) is 3.39. The summed E-state index contributed by atoms with van der Waals surface area (Å²) in [7, 11) is 0. The topological polar surface area (TPSA) is 57.6 Å². The number of amides is 1. The number of carbonyl (C=O) groups is 2. The van der Waals surface area contributed by atoms with Crippen molar-refractivity contribution in [3.63, 3.8) is 0 Å². The first-order valence-electron chi connectivity index (χ1n) is 6.86. The molecule has 1 saturated heterocycles. The van der Waals surface area contributed by atoms with Gasteiger partial charge in [-0.2, -0.15) is 13.2 Å². The summed E-state index contributed by atoms with van der Waals surface area (Å²) in [5.41, 5.74) is 0.342. The number of Topliss-reactive ketones (excluding diaryl/α,β-unsaturated/α-hetero) is 1. The van der Waals surface area contributed by atoms with Gasteiger partial charge in [0, 0.05) is 18.5 Å². The Bertz CT molecular complexity index is 670. The summed E-state index contributed by atoms with van der Waals surface area (Å²) in [5.74, 6) is -2.30. The van der Waals surface area contributed by atoms with Crippen LogP contribution in [0.2, 0.25) is 0 Å². The highest BCUT2D eigenvalue weighted by molar-refractivity contribution is 5.97. The van der Waals surface area contributed by atoms with Crippen molar-refractivity contribution in [3.05, 3.63) is 29.3 Å². The van der Waals surface area contributed by atoms with Crippen molar-refractivity contribution >= 4 is 11.7 Å². The second kappa shape index (κ2) is 4.47. The molecule has 1 aromatic rings. The Morgan fingerprint density at radius 2 is 2.05 bits per heavy atom. The number of halogens is 3. The maximum atomic E-state index is 12.5. The van der Waals surface area contributed by atoms with Crippen molar-refractivity contribution in [2.45, 2.75) is 24.9 Å². The first-order valence-corrected chi connectivity index (χ1v) is 6.86. The van der Waals surface area contributed by atoms with E-state index in [-0.39, 0.29) is 36.1 Å². The predicted molar refractivity (Wildman–Crippen MR) is 70.5 cm³/mol. The zero-order chi connectivity index (χ0) is 16.3. The molecule has 1 aliphatic carbocycles. The van der Waals surface area contributed by atoms with Gasteiger partial charge in [0.1, 0.15) is 5.75 Å². The molecule has 3 rings (SSSR count). The van der Waals surface area contributed by atoms with Crippen molar-refractivity contribution in [1.29, 1.82) is 0 Å². The van der Waals surface area contributed by atoms with Crippen LogP contribution in [-0.4, -0.2) is 41.0 Å². The lowest BCUT2D eigenvalue weighted by Crippen LogP contribution is -2.41. The molecule has 22 heavy (non-hydrogen) atoms. The Hall–Kier alpha value is -2.05. The van der Waals surface area contributed by atoms with Crippen molar-refractivity contribution in [1.82, 2.24) is 4.90 Å². The number of benzene rings is 1. The Kier molecular flexibility index (Phi) is 3.02. The monoisotopic (exact) mass is 313 g/mol. The van der Waals surface area contributed by atoms with Gasteiger partial charge in [-0.3, -0.25) is 9.59 Å². The van der Waals surface area contributed by atoms with E-state index in [0.717, 1.165) is 4.90 Å². The van der Waals surface area contributed by atoms with Gasteiger partial charge < -0.3 is 10.0 Å². The van der Waals surface area contributed by atoms with Crippen molar-refractivity contribution in [3.8, 4) is 5.75 Å². The summed E-state index contributed by atoms with van der Waals surface area (Å²) in [5, 5.41) is 9.66. The molecule has 1 heterocycles. The number of ketones is 1. The van der Waals surface area contributed by atoms with Crippen LogP contribution in [0.25, 0.3) is 0 Å². The van der Waals surface area contributed by atoms with Gasteiger partial charge in [0.05, 0.1) is 5.56 Å². The van der Waals surface area contributed by atoms with Crippen LogP contribution in [-0.2, 0) is 10.2 Å². The molecule has 1 amide bonds. The van der Waals surface area contributed by atoms with Gasteiger partial charge in [0.25, 0.3) is 0 Å². The second-order valence-corrected chi connectivity index (χ2v) is 6.03. The SMILES string of the molecule is CC(=O)c1cc([C@]23C[C@H]2CN(C(=O)C(F)(F)F)C3)ccc1O. The van der Waals surface area contributed by atoms with Crippen molar-refractivity contribution in [2.24, 2.45) is 5.92 Å². The first-order chi connectivity index (χ1) is 10.1. The van der Waals surface area contributed by atoms with E-state index in [1.54, 1.807) is 6.07 Å². The largest absolute Gasteiger partial charge is 0.507 e. The summed E-state index contributed by atoms with van der Waals surface area (Å²) in [6.07, 6.45) is -4.17. The molecule has 0 spiro atoms. The van der Waals surface area contributed by atoms with Crippen LogP contribution >= 0.6 is 0 Å². The molecular weight excluding hydrogens is 299 g/mol. The fraction of sp³-hybridized carbons (Fsp3) is 0.467. The molecule has 2 aliphatic rings. The molecule has 1 saturated carbocycles. The van der Waals surface area contributed by atoms with Crippen LogP contribution in [0, 0.1) is 5.92 Å². The van der Waals surface area contributed by atoms with Crippen LogP contribution < -0.4 is 0 Å². The molecule has 7 heteroatoms. The molecular formula is C15H14F3NO3. The number of nitrogens with zero attached hydrogens (tertiary/aromatic N) is 1. The Morgan fingerprint density at radius 1 is 1.36 bits per heavy atom. The number of alkyl halides is 3. The normalized spacial score (nSPS) is 26.7. The zero-order valence-corrected chi connectivity index (χ0v) is 11.8. The van der Waals surface area contributed by atoms with E-state index in [1.165, 1.54) is 19.1 Å². The van der Waals surface area contributed by atoms with E-state index >= 15 is 0 Å². The van der Waals surface area contributed by atoms with E-state index < -0.39 is 17.5 Å². The molecule has 2 fully saturated rings. The lowest BCUT2D eigenvalue weighted by Gasteiger charge is -2.22. The third-order valence-corrected chi connectivity index (χ3v) is 4.63. The maximum absolute atomic E-state index is 12.5. The van der Waals surface area contributed by atoms with Gasteiger partial charge in [-0.25, -0.2) is 0 Å². The lowest BCUT2D eigenvalue weighted by molar-refractivity contribution is -0.184. The van der Waals surface area contributed by atoms with Crippen molar-refractivity contribution in [2.75, 3.05) is 13.1 Å². The maximum Gasteiger partial charge on any atom is 0.471 e. The number of hydrogen-bond acceptors (Lipinski definition) is 3. The fourth-order valence-corrected chi connectivity index (χ4v) is 3.39. The van der Waals surface area contributed by atoms with E-state index in [0.29, 0.717) is 12.0 Å². The number of fused-ring (bicyclic) bond motifs is 1. The van der Waals surface area contributed by atoms with E-state index in [2.05, 4.69) is 0 Å². The number of phenols is 1. The molecule has 118 valence electrons. The summed E-state index contributed by atoms with van der Waals surface area (Å²) >= 11 is 0. The number of likely N-dealkylation sites (tertiary alicyclic amines) is 1. The molecule has 0 unspecified atom stereocenters. The van der Waals surface area contributed by atoms with E-state index in [9.17, 15) is 27.9 Å². The summed E-state index contributed by atoms with van der Waals surface area (Å²) < 4.78 is 37.6. The molecule has 1 aliphatic heterocycles. The summed E-state index contributed by atoms with van der Waals surface area (Å²) in [4.78, 5) is 23.7. The second-order valence-electron chi connectivity index (χ2n) is 6.03. The smallest absolute Gasteiger partial charge is 0.471 e. The summed E-state index contributed by atoms with van der Waals surface area (Å²) in [6.45, 7) is 1.39. The average molecular weight is 313 g/mol. The Balaban J connectivity index is 1.87. The molecule has 1 aromatic carbocycles. The predicted octanol–water partition coefficient (Wildman–Crippen LogP) is 2.26. The van der Waals surface area contributed by atoms with Crippen LogP contribution in [0.1, 0.15) is 29.3 Å². The molecule has 0 aromatic heterocycles. The zero-order valence-electron chi connectivity index (χ0n) is 11.8. The molecule has 1 N–H and O–H groups in total. The standard InChI is InChI=1S/C15H14F3NO3/c1-8(20)11-4-9(2-3-12(11)21)14-5-10(14)6-19(7-14)13(22)15(16,17)18/h2-4,10,21H,5-7H2,1H3/t10-,14+/m0/s1. The van der Waals surface area contributed by atoms with Gasteiger partial charge in [-0.05, 0) is 37.0 Å². The highest BCUT2D eigenvalue weighted by Crippen LogP contribution is 2.59. The Morgan fingerprint density at radius 3 is 2.64 bits per heavy atom. The minimum atomic E-state index is -4.86. The van der Waals surface area contributed by atoms with Gasteiger partial charge in [-0.15, -0.1) is 0 Å². The van der Waals surface area contributed by atoms with Gasteiger partial charge >= 0.3 is 12.1 Å². The lowest BCUT2D eigenvalue weighted by atomic mass is 9.92. The third kappa shape index (κ3) is 2.15. The molecule has 0 bridgehead atoms. The minimum Gasteiger partial charge on any atom is -0.507 e. The van der Waals surface area contributed by atoms with Crippen LogP contribution in [0.15, 0.2) is 18.2 Å². The summed E-state index contributed by atoms with van der Waals surface area (Å²) in [6, 6.07) is 4.52. The molecule has 4 nitrogen and oxygen atoms in total. The highest BCUT2D eigenvalue weighted by atomic mass is 19.4. The quantitative estimate of drug-likeness (QED) is 0.852. The number of phenolic OH excluding ortho intramolecular Hbond substituents is 1. The van der Waals surface area contributed by atoms with Gasteiger partial charge in [0.15, 0.2) is 5.78 Å². The number of piperidine rings is 1. The van der Waals surface area contributed by atoms with E-state index in [1.807, 2.05) is 0 Å². The van der Waals surface area contributed by atoms with Gasteiger partial charge in [0.2, 0.25) is 0 Å². The number of carbonyl (C=O) groups excluding carboxylic acids is 2. The van der Waals surface area contributed by atoms with Crippen LogP contribution in [0.4, 0.5) is 13.2 Å². The molecule has 0 radical (unpaired) electrons. The Labute approximate surface area is 124 Å². The number of aromatic hydroxyl groups is 1. The first kappa shape index (κ1) is 14.9. The number of hydrogen-bond donors (Lipinski definition) is 1. The minimum absolute atomic E-state index is 0.00186.